The Labute approximate surface area is 313 Å². The van der Waals surface area contributed by atoms with E-state index in [1.165, 1.54) is 30.3 Å². The van der Waals surface area contributed by atoms with Gasteiger partial charge in [-0.1, -0.05) is 6.07 Å². The van der Waals surface area contributed by atoms with Gasteiger partial charge in [0, 0.05) is 23.8 Å². The number of ether oxygens (including phenoxy) is 5. The number of hydrogen-bond donors (Lipinski definition) is 12. The van der Waals surface area contributed by atoms with Gasteiger partial charge < -0.3 is 89.4 Å². The Morgan fingerprint density at radius 1 is 0.661 bits per heavy atom. The van der Waals surface area contributed by atoms with Crippen LogP contribution in [0.25, 0.3) is 28.4 Å². The molecule has 3 aromatic carbocycles. The molecule has 0 radical (unpaired) electrons. The van der Waals surface area contributed by atoms with Crippen molar-refractivity contribution in [2.45, 2.75) is 61.4 Å². The summed E-state index contributed by atoms with van der Waals surface area (Å²) >= 11 is 0. The number of aliphatic hydroxyl groups is 6. The maximum absolute atomic E-state index is 13.7. The molecule has 0 amide bonds. The van der Waals surface area contributed by atoms with Crippen LogP contribution in [0.3, 0.4) is 0 Å². The first kappa shape index (κ1) is 40.0. The number of carbonyl (C=O) groups is 1. The molecule has 4 aromatic rings. The van der Waals surface area contributed by atoms with Crippen LogP contribution >= 0.6 is 0 Å². The van der Waals surface area contributed by atoms with E-state index >= 15 is 0 Å². The predicted molar refractivity (Wildman–Crippen MR) is 184 cm³/mol. The smallest absolute Gasteiger partial charge is 0.330 e. The molecule has 2 aliphatic rings. The van der Waals surface area contributed by atoms with Gasteiger partial charge in [0.2, 0.25) is 17.5 Å². The molecule has 20 nitrogen and oxygen atoms in total. The number of fused-ring (bicyclic) bond motifs is 1. The van der Waals surface area contributed by atoms with E-state index in [4.69, 9.17) is 28.1 Å². The Balaban J connectivity index is 1.18. The van der Waals surface area contributed by atoms with Crippen molar-refractivity contribution in [2.24, 2.45) is 0 Å². The summed E-state index contributed by atoms with van der Waals surface area (Å²) in [5.41, 5.74) is -1.17. The third-order valence-electron chi connectivity index (χ3n) is 8.95. The lowest BCUT2D eigenvalue weighted by Gasteiger charge is -2.42. The lowest BCUT2D eigenvalue weighted by molar-refractivity contribution is -0.323. The minimum atomic E-state index is -2.06. The topological polar surface area (TPSA) is 336 Å². The zero-order chi connectivity index (χ0) is 40.6. The summed E-state index contributed by atoms with van der Waals surface area (Å²) in [6, 6.07) is 8.84. The molecule has 300 valence electrons. The molecule has 0 bridgehead atoms. The number of phenols is 6. The Bertz CT molecular complexity index is 2170. The van der Waals surface area contributed by atoms with Crippen LogP contribution in [0.2, 0.25) is 0 Å². The summed E-state index contributed by atoms with van der Waals surface area (Å²) in [6.07, 6.45) is -16.3. The van der Waals surface area contributed by atoms with Gasteiger partial charge in [-0.25, -0.2) is 4.79 Å². The third-order valence-corrected chi connectivity index (χ3v) is 8.95. The summed E-state index contributed by atoms with van der Waals surface area (Å²) < 4.78 is 33.3. The number of rotatable bonds is 10. The number of aromatic hydroxyl groups is 6. The molecule has 3 heterocycles. The van der Waals surface area contributed by atoms with Gasteiger partial charge in [0.05, 0.1) is 6.61 Å². The van der Waals surface area contributed by atoms with Crippen LogP contribution in [0.5, 0.6) is 40.2 Å². The zero-order valence-electron chi connectivity index (χ0n) is 28.6. The van der Waals surface area contributed by atoms with Gasteiger partial charge in [-0.15, -0.1) is 0 Å². The molecule has 2 fully saturated rings. The Hall–Kier alpha value is -5.68. The molecule has 0 unspecified atom stereocenters. The molecule has 1 aromatic heterocycles. The molecule has 0 spiro atoms. The molecule has 6 rings (SSSR count). The molecule has 12 N–H and O–H groups in total. The number of esters is 1. The first-order valence-corrected chi connectivity index (χ1v) is 16.6. The average molecular weight is 789 g/mol. The predicted octanol–water partition coefficient (Wildman–Crippen LogP) is -1.04. The molecular weight excluding hydrogens is 752 g/mol. The second kappa shape index (κ2) is 16.2. The fraction of sp³-hybridized carbons (Fsp3) is 0.333. The highest BCUT2D eigenvalue weighted by Crippen LogP contribution is 2.39. The summed E-state index contributed by atoms with van der Waals surface area (Å²) in [6.45, 7) is -1.43. The van der Waals surface area contributed by atoms with Crippen LogP contribution in [0.4, 0.5) is 0 Å². The van der Waals surface area contributed by atoms with Gasteiger partial charge in [0.15, 0.2) is 35.0 Å². The number of hydrogen-bond acceptors (Lipinski definition) is 20. The zero-order valence-corrected chi connectivity index (χ0v) is 28.6. The van der Waals surface area contributed by atoms with Crippen LogP contribution in [-0.4, -0.2) is 142 Å². The van der Waals surface area contributed by atoms with Gasteiger partial charge in [0.25, 0.3) is 0 Å². The molecule has 0 aliphatic carbocycles. The lowest BCUT2D eigenvalue weighted by Crippen LogP contribution is -2.62. The van der Waals surface area contributed by atoms with Gasteiger partial charge in [-0.3, -0.25) is 4.79 Å². The summed E-state index contributed by atoms with van der Waals surface area (Å²) in [4.78, 5) is 26.0. The molecule has 56 heavy (non-hydrogen) atoms. The van der Waals surface area contributed by atoms with E-state index in [1.807, 2.05) is 0 Å². The van der Waals surface area contributed by atoms with E-state index in [2.05, 4.69) is 0 Å². The highest BCUT2D eigenvalue weighted by molar-refractivity contribution is 5.88. The van der Waals surface area contributed by atoms with Crippen molar-refractivity contribution < 1.29 is 94.2 Å². The second-order valence-electron chi connectivity index (χ2n) is 12.8. The Kier molecular flexibility index (Phi) is 11.6. The maximum atomic E-state index is 13.7. The Morgan fingerprint density at radius 3 is 1.93 bits per heavy atom. The highest BCUT2D eigenvalue weighted by atomic mass is 16.7. The third kappa shape index (κ3) is 8.14. The largest absolute Gasteiger partial charge is 0.508 e. The van der Waals surface area contributed by atoms with Crippen molar-refractivity contribution in [1.82, 2.24) is 0 Å². The minimum absolute atomic E-state index is 0.0824. The van der Waals surface area contributed by atoms with E-state index in [0.29, 0.717) is 5.56 Å². The van der Waals surface area contributed by atoms with E-state index in [0.717, 1.165) is 30.3 Å². The fourth-order valence-electron chi connectivity index (χ4n) is 5.90. The molecule has 2 saturated heterocycles. The summed E-state index contributed by atoms with van der Waals surface area (Å²) in [5, 5.41) is 123. The first-order chi connectivity index (χ1) is 26.5. The Morgan fingerprint density at radius 2 is 1.27 bits per heavy atom. The number of carbonyl (C=O) groups excluding carboxylic acids is 1. The first-order valence-electron chi connectivity index (χ1n) is 16.6. The van der Waals surface area contributed by atoms with E-state index in [1.54, 1.807) is 0 Å². The van der Waals surface area contributed by atoms with Crippen molar-refractivity contribution in [3.63, 3.8) is 0 Å². The van der Waals surface area contributed by atoms with Crippen molar-refractivity contribution in [1.29, 1.82) is 0 Å². The van der Waals surface area contributed by atoms with Crippen molar-refractivity contribution in [2.75, 3.05) is 13.2 Å². The standard InChI is InChI=1S/C36H36O20/c37-15-9-20(42)25-21(10-15)53-33(14-3-5-17(39)19(41)8-14)34(28(25)46)56-36-32(50)30(48)27(45)23(55-36)12-52-35-31(49)29(47)26(44)22(54-35)11-51-24(43)6-2-13-1-4-16(38)18(40)7-13/h1-10,22-23,26-27,29-32,35-42,44-45,47-50H,11-12H2/b6-2+/t22-,23-,26-,27-,29+,30+,31+,32-,35-,36+/m1/s1. The number of aliphatic hydroxyl groups excluding tert-OH is 6. The van der Waals surface area contributed by atoms with E-state index in [9.17, 15) is 70.9 Å². The van der Waals surface area contributed by atoms with Crippen LogP contribution in [0.1, 0.15) is 5.56 Å². The highest BCUT2D eigenvalue weighted by Gasteiger charge is 2.48. The molecule has 20 heteroatoms. The number of benzene rings is 3. The van der Waals surface area contributed by atoms with Crippen LogP contribution in [0.15, 0.2) is 63.8 Å². The monoisotopic (exact) mass is 788 g/mol. The number of phenolic OH excluding ortho intramolecular Hbond substituents is 6. The van der Waals surface area contributed by atoms with Gasteiger partial charge >= 0.3 is 5.97 Å². The van der Waals surface area contributed by atoms with Gasteiger partial charge in [-0.2, -0.15) is 0 Å². The SMILES string of the molecule is O=C(/C=C/c1ccc(O)c(O)c1)OC[C@H]1O[C@@H](OC[C@H]2O[C@@H](Oc3c(-c4ccc(O)c(O)c4)oc4cc(O)cc(O)c4c3=O)[C@H](O)[C@@H](O)[C@@H]2O)[C@@H](O)[C@@H](O)[C@@H]1O. The molecule has 0 saturated carbocycles. The molecular formula is C36H36O20. The second-order valence-corrected chi connectivity index (χ2v) is 12.8. The molecule has 2 aliphatic heterocycles. The summed E-state index contributed by atoms with van der Waals surface area (Å²) in [5.74, 6) is -5.36. The van der Waals surface area contributed by atoms with Crippen molar-refractivity contribution in [3.05, 3.63) is 70.4 Å². The van der Waals surface area contributed by atoms with Gasteiger partial charge in [-0.05, 0) is 42.0 Å². The average Bonchev–Trinajstić information content (AvgIpc) is 3.15. The van der Waals surface area contributed by atoms with Crippen molar-refractivity contribution in [3.8, 4) is 51.6 Å². The van der Waals surface area contributed by atoms with Gasteiger partial charge in [0.1, 0.15) is 77.9 Å². The summed E-state index contributed by atoms with van der Waals surface area (Å²) in [7, 11) is 0. The van der Waals surface area contributed by atoms with Crippen LogP contribution in [-0.2, 0) is 23.7 Å². The van der Waals surface area contributed by atoms with Crippen LogP contribution in [0, 0.1) is 0 Å². The fourth-order valence-corrected chi connectivity index (χ4v) is 5.90. The van der Waals surface area contributed by atoms with Crippen molar-refractivity contribution >= 4 is 23.0 Å². The maximum Gasteiger partial charge on any atom is 0.330 e. The lowest BCUT2D eigenvalue weighted by atomic mass is 9.98. The molecule has 10 atom stereocenters. The van der Waals surface area contributed by atoms with E-state index in [-0.39, 0.29) is 16.9 Å². The van der Waals surface area contributed by atoms with Crippen LogP contribution < -0.4 is 10.2 Å². The normalized spacial score (nSPS) is 28.0. The quantitative estimate of drug-likeness (QED) is 0.0519. The minimum Gasteiger partial charge on any atom is -0.508 e. The van der Waals surface area contributed by atoms with E-state index < -0.39 is 132 Å².